The molecule has 0 fully saturated rings. The minimum atomic E-state index is -3.79. The second kappa shape index (κ2) is 5.49. The minimum Gasteiger partial charge on any atom is -0.733 e. The Kier molecular flexibility index (Phi) is 3.93. The van der Waals surface area contributed by atoms with Crippen LogP contribution < -0.4 is 9.53 Å². The van der Waals surface area contributed by atoms with Crippen LogP contribution in [0.25, 0.3) is 0 Å². The summed E-state index contributed by atoms with van der Waals surface area (Å²) in [6.07, 6.45) is 0. The lowest BCUT2D eigenvalue weighted by atomic mass is 10.3. The highest BCUT2D eigenvalue weighted by Crippen LogP contribution is 2.24. The van der Waals surface area contributed by atoms with Crippen LogP contribution in [0.3, 0.4) is 0 Å². The van der Waals surface area contributed by atoms with Crippen molar-refractivity contribution < 1.29 is 13.6 Å². The molecule has 0 bridgehead atoms. The molecule has 0 atom stereocenters. The van der Waals surface area contributed by atoms with Crippen molar-refractivity contribution in [1.29, 1.82) is 0 Å². The Balaban J connectivity index is 2.43. The highest BCUT2D eigenvalue weighted by molar-refractivity contribution is 7.92. The van der Waals surface area contributed by atoms with Crippen molar-refractivity contribution >= 4 is 21.4 Å². The fraction of sp³-hybridized carbons (Fsp3) is 0.0769. The molecule has 2 aromatic rings. The third-order valence-corrected chi connectivity index (χ3v) is 4.60. The van der Waals surface area contributed by atoms with Gasteiger partial charge in [0.2, 0.25) is 0 Å². The van der Waals surface area contributed by atoms with Gasteiger partial charge in [-0.05, 0) is 30.3 Å². The Morgan fingerprint density at radius 1 is 1.00 bits per heavy atom. The smallest absolute Gasteiger partial charge is 0.264 e. The molecule has 2 aromatic carbocycles. The average molecular weight is 293 g/mol. The molecule has 7 heteroatoms. The van der Waals surface area contributed by atoms with E-state index in [1.807, 2.05) is 0 Å². The number of para-hydroxylation sites is 1. The predicted molar refractivity (Wildman–Crippen MR) is 76.1 cm³/mol. The van der Waals surface area contributed by atoms with E-state index >= 15 is 0 Å². The second-order valence-electron chi connectivity index (χ2n) is 4.08. The standard InChI is InChI=1S/C13H13N2O4S/c1-14(11-6-3-2-4-7-11)20(18,19)13-9-5-8-12(10-13)15(16)17/h2-10,16H,1H3/q-1. The van der Waals surface area contributed by atoms with Gasteiger partial charge < -0.3 is 10.4 Å². The monoisotopic (exact) mass is 293 g/mol. The molecule has 1 N–H and O–H groups in total. The molecule has 0 aliphatic heterocycles. The van der Waals surface area contributed by atoms with Crippen LogP contribution in [-0.4, -0.2) is 20.7 Å². The molecular weight excluding hydrogens is 280 g/mol. The molecule has 20 heavy (non-hydrogen) atoms. The summed E-state index contributed by atoms with van der Waals surface area (Å²) in [5.74, 6) is 0. The Morgan fingerprint density at radius 2 is 1.60 bits per heavy atom. The van der Waals surface area contributed by atoms with Crippen LogP contribution >= 0.6 is 0 Å². The van der Waals surface area contributed by atoms with E-state index in [-0.39, 0.29) is 15.8 Å². The number of nitrogens with zero attached hydrogens (tertiary/aromatic N) is 2. The molecule has 2 rings (SSSR count). The van der Waals surface area contributed by atoms with Crippen LogP contribution in [0.4, 0.5) is 11.4 Å². The van der Waals surface area contributed by atoms with Crippen molar-refractivity contribution in [2.45, 2.75) is 4.90 Å². The molecule has 6 nitrogen and oxygen atoms in total. The van der Waals surface area contributed by atoms with E-state index in [1.165, 1.54) is 25.2 Å². The number of sulfonamides is 1. The first kappa shape index (κ1) is 14.3. The maximum absolute atomic E-state index is 12.4. The first-order valence-corrected chi connectivity index (χ1v) is 7.17. The average Bonchev–Trinajstić information content (AvgIpc) is 2.47. The van der Waals surface area contributed by atoms with Crippen molar-refractivity contribution in [1.82, 2.24) is 0 Å². The maximum atomic E-state index is 12.4. The minimum absolute atomic E-state index is 0.0729. The fourth-order valence-electron chi connectivity index (χ4n) is 1.70. The molecule has 0 aliphatic rings. The van der Waals surface area contributed by atoms with Crippen LogP contribution in [0.1, 0.15) is 0 Å². The van der Waals surface area contributed by atoms with Crippen LogP contribution in [0.5, 0.6) is 0 Å². The van der Waals surface area contributed by atoms with Crippen molar-refractivity contribution in [2.75, 3.05) is 16.6 Å². The summed E-state index contributed by atoms with van der Waals surface area (Å²) in [5.41, 5.74) is 0.355. The van der Waals surface area contributed by atoms with Crippen molar-refractivity contribution in [2.24, 2.45) is 0 Å². The maximum Gasteiger partial charge on any atom is 0.264 e. The van der Waals surface area contributed by atoms with E-state index in [0.29, 0.717) is 5.69 Å². The summed E-state index contributed by atoms with van der Waals surface area (Å²) in [7, 11) is -2.37. The quantitative estimate of drug-likeness (QED) is 0.874. The molecule has 0 aromatic heterocycles. The predicted octanol–water partition coefficient (Wildman–Crippen LogP) is 2.21. The van der Waals surface area contributed by atoms with Gasteiger partial charge in [-0.15, -0.1) is 0 Å². The Bertz CT molecular complexity index is 687. The normalized spacial score (nSPS) is 11.2. The van der Waals surface area contributed by atoms with Gasteiger partial charge in [-0.2, -0.15) is 0 Å². The van der Waals surface area contributed by atoms with E-state index in [4.69, 9.17) is 5.21 Å². The van der Waals surface area contributed by atoms with E-state index in [0.717, 1.165) is 10.4 Å². The SMILES string of the molecule is CN(c1ccccc1)S(=O)(=O)c1cccc(N([O-])O)c1. The zero-order valence-corrected chi connectivity index (χ0v) is 11.5. The van der Waals surface area contributed by atoms with Gasteiger partial charge in [0, 0.05) is 7.05 Å². The van der Waals surface area contributed by atoms with Crippen molar-refractivity contribution in [3.63, 3.8) is 0 Å². The number of hydrogen-bond acceptors (Lipinski definition) is 5. The van der Waals surface area contributed by atoms with Crippen LogP contribution in [-0.2, 0) is 10.0 Å². The Labute approximate surface area is 117 Å². The van der Waals surface area contributed by atoms with E-state index in [9.17, 15) is 13.6 Å². The van der Waals surface area contributed by atoms with Crippen molar-refractivity contribution in [3.05, 3.63) is 59.8 Å². The Hall–Kier alpha value is -2.09. The van der Waals surface area contributed by atoms with Crippen LogP contribution in [0, 0.1) is 5.21 Å². The molecule has 0 amide bonds. The molecule has 0 saturated carbocycles. The Morgan fingerprint density at radius 3 is 2.20 bits per heavy atom. The van der Waals surface area contributed by atoms with E-state index in [2.05, 4.69) is 0 Å². The lowest BCUT2D eigenvalue weighted by Gasteiger charge is -2.23. The van der Waals surface area contributed by atoms with E-state index in [1.54, 1.807) is 30.3 Å². The molecule has 0 aliphatic carbocycles. The summed E-state index contributed by atoms with van der Waals surface area (Å²) < 4.78 is 26.0. The first-order valence-electron chi connectivity index (χ1n) is 5.73. The number of hydrogen-bond donors (Lipinski definition) is 1. The number of anilines is 2. The fourth-order valence-corrected chi connectivity index (χ4v) is 2.93. The van der Waals surface area contributed by atoms with Crippen molar-refractivity contribution in [3.8, 4) is 0 Å². The second-order valence-corrected chi connectivity index (χ2v) is 6.05. The third-order valence-electron chi connectivity index (χ3n) is 2.82. The molecule has 0 heterocycles. The molecule has 0 saturated heterocycles. The summed E-state index contributed by atoms with van der Waals surface area (Å²) in [5, 5.41) is 19.3. The molecular formula is C13H13N2O4S-. The summed E-state index contributed by atoms with van der Waals surface area (Å²) >= 11 is 0. The molecule has 0 radical (unpaired) electrons. The topological polar surface area (TPSA) is 83.9 Å². The van der Waals surface area contributed by atoms with Gasteiger partial charge in [-0.25, -0.2) is 8.42 Å². The molecule has 0 unspecified atom stereocenters. The van der Waals surface area contributed by atoms with Crippen LogP contribution in [0.2, 0.25) is 0 Å². The largest absolute Gasteiger partial charge is 0.733 e. The lowest BCUT2D eigenvalue weighted by molar-refractivity contribution is 0.296. The van der Waals surface area contributed by atoms with Gasteiger partial charge in [0.15, 0.2) is 0 Å². The summed E-state index contributed by atoms with van der Waals surface area (Å²) in [4.78, 5) is -0.0729. The van der Waals surface area contributed by atoms with Gasteiger partial charge in [0.25, 0.3) is 10.0 Å². The zero-order valence-electron chi connectivity index (χ0n) is 10.7. The van der Waals surface area contributed by atoms with Gasteiger partial charge in [0.05, 0.1) is 16.3 Å². The van der Waals surface area contributed by atoms with Gasteiger partial charge in [0.1, 0.15) is 0 Å². The molecule has 106 valence electrons. The third kappa shape index (κ3) is 2.74. The van der Waals surface area contributed by atoms with Gasteiger partial charge in [-0.1, -0.05) is 24.3 Å². The highest BCUT2D eigenvalue weighted by Gasteiger charge is 2.21. The number of benzene rings is 2. The van der Waals surface area contributed by atoms with E-state index < -0.39 is 10.0 Å². The number of rotatable bonds is 4. The highest BCUT2D eigenvalue weighted by atomic mass is 32.2. The van der Waals surface area contributed by atoms with Gasteiger partial charge >= 0.3 is 0 Å². The first-order chi connectivity index (χ1) is 9.43. The van der Waals surface area contributed by atoms with Crippen LogP contribution in [0.15, 0.2) is 59.5 Å². The summed E-state index contributed by atoms with van der Waals surface area (Å²) in [6.45, 7) is 0. The summed E-state index contributed by atoms with van der Waals surface area (Å²) in [6, 6.07) is 13.7. The molecule has 0 spiro atoms. The zero-order chi connectivity index (χ0) is 14.8. The van der Waals surface area contributed by atoms with Gasteiger partial charge in [-0.3, -0.25) is 9.51 Å². The lowest BCUT2D eigenvalue weighted by Crippen LogP contribution is -2.26.